The van der Waals surface area contributed by atoms with Crippen molar-refractivity contribution in [3.63, 3.8) is 0 Å². The molecule has 0 saturated carbocycles. The van der Waals surface area contributed by atoms with Gasteiger partial charge in [0.25, 0.3) is 5.91 Å². The molecular formula is C14H12ClFN2O2. The smallest absolute Gasteiger partial charge is 0.255 e. The van der Waals surface area contributed by atoms with Crippen LogP contribution in [-0.4, -0.2) is 13.0 Å². The minimum Gasteiger partial charge on any atom is -0.494 e. The quantitative estimate of drug-likeness (QED) is 0.854. The van der Waals surface area contributed by atoms with Crippen LogP contribution in [0.4, 0.5) is 15.8 Å². The minimum absolute atomic E-state index is 0.0541. The van der Waals surface area contributed by atoms with Crippen molar-refractivity contribution in [2.45, 2.75) is 0 Å². The van der Waals surface area contributed by atoms with Crippen LogP contribution in [0.25, 0.3) is 0 Å². The zero-order chi connectivity index (χ0) is 14.7. The first-order chi connectivity index (χ1) is 9.51. The third kappa shape index (κ3) is 3.00. The number of nitrogens with one attached hydrogen (secondary N) is 1. The van der Waals surface area contributed by atoms with Gasteiger partial charge < -0.3 is 15.8 Å². The van der Waals surface area contributed by atoms with Gasteiger partial charge in [-0.1, -0.05) is 11.6 Å². The fourth-order valence-corrected chi connectivity index (χ4v) is 1.74. The van der Waals surface area contributed by atoms with E-state index < -0.39 is 5.82 Å². The van der Waals surface area contributed by atoms with Crippen molar-refractivity contribution >= 4 is 28.9 Å². The van der Waals surface area contributed by atoms with Gasteiger partial charge in [-0.15, -0.1) is 0 Å². The Morgan fingerprint density at radius 2 is 2.05 bits per heavy atom. The molecule has 0 aliphatic heterocycles. The van der Waals surface area contributed by atoms with E-state index in [1.54, 1.807) is 6.07 Å². The van der Waals surface area contributed by atoms with E-state index in [0.717, 1.165) is 0 Å². The van der Waals surface area contributed by atoms with Gasteiger partial charge in [-0.05, 0) is 30.3 Å². The maximum Gasteiger partial charge on any atom is 0.255 e. The SMILES string of the molecule is COc1cc(NC(=O)c2ccc(Cl)c(N)c2)ccc1F. The molecule has 0 fully saturated rings. The molecule has 0 unspecified atom stereocenters. The fraction of sp³-hybridized carbons (Fsp3) is 0.0714. The van der Waals surface area contributed by atoms with E-state index in [-0.39, 0.29) is 11.7 Å². The predicted octanol–water partition coefficient (Wildman–Crippen LogP) is 3.32. The monoisotopic (exact) mass is 294 g/mol. The van der Waals surface area contributed by atoms with E-state index in [4.69, 9.17) is 22.1 Å². The molecule has 0 bridgehead atoms. The van der Waals surface area contributed by atoms with Crippen molar-refractivity contribution in [1.82, 2.24) is 0 Å². The predicted molar refractivity (Wildman–Crippen MR) is 76.8 cm³/mol. The van der Waals surface area contributed by atoms with Crippen LogP contribution in [0.2, 0.25) is 5.02 Å². The molecule has 20 heavy (non-hydrogen) atoms. The first-order valence-electron chi connectivity index (χ1n) is 5.71. The Labute approximate surface area is 120 Å². The summed E-state index contributed by atoms with van der Waals surface area (Å²) in [5, 5.41) is 3.00. The van der Waals surface area contributed by atoms with Gasteiger partial charge in [0, 0.05) is 17.3 Å². The Hall–Kier alpha value is -2.27. The lowest BCUT2D eigenvalue weighted by Gasteiger charge is -2.08. The second kappa shape index (κ2) is 5.79. The van der Waals surface area contributed by atoms with Crippen LogP contribution in [0.3, 0.4) is 0 Å². The van der Waals surface area contributed by atoms with E-state index in [0.29, 0.717) is 22.0 Å². The number of anilines is 2. The summed E-state index contributed by atoms with van der Waals surface area (Å²) in [5.74, 6) is -0.818. The molecular weight excluding hydrogens is 283 g/mol. The van der Waals surface area contributed by atoms with Crippen LogP contribution in [0.5, 0.6) is 5.75 Å². The molecule has 4 nitrogen and oxygen atoms in total. The van der Waals surface area contributed by atoms with E-state index in [9.17, 15) is 9.18 Å². The Bertz CT molecular complexity index is 662. The van der Waals surface area contributed by atoms with Gasteiger partial charge in [0.2, 0.25) is 0 Å². The summed E-state index contributed by atoms with van der Waals surface area (Å²) in [7, 11) is 1.35. The number of nitrogen functional groups attached to an aromatic ring is 1. The maximum atomic E-state index is 13.3. The molecule has 0 saturated heterocycles. The van der Waals surface area contributed by atoms with Crippen LogP contribution in [-0.2, 0) is 0 Å². The number of hydrogen-bond acceptors (Lipinski definition) is 3. The Morgan fingerprint density at radius 1 is 1.30 bits per heavy atom. The summed E-state index contributed by atoms with van der Waals surface area (Å²) in [6, 6.07) is 8.61. The largest absolute Gasteiger partial charge is 0.494 e. The molecule has 104 valence electrons. The molecule has 2 rings (SSSR count). The second-order valence-corrected chi connectivity index (χ2v) is 4.45. The third-order valence-electron chi connectivity index (χ3n) is 2.67. The average molecular weight is 295 g/mol. The Kier molecular flexibility index (Phi) is 4.10. The Morgan fingerprint density at radius 3 is 2.70 bits per heavy atom. The van der Waals surface area contributed by atoms with Crippen molar-refractivity contribution in [1.29, 1.82) is 0 Å². The highest BCUT2D eigenvalue weighted by molar-refractivity contribution is 6.33. The zero-order valence-electron chi connectivity index (χ0n) is 10.6. The van der Waals surface area contributed by atoms with Crippen LogP contribution in [0.15, 0.2) is 36.4 Å². The van der Waals surface area contributed by atoms with Gasteiger partial charge in [0.05, 0.1) is 17.8 Å². The van der Waals surface area contributed by atoms with Gasteiger partial charge in [0.1, 0.15) is 0 Å². The maximum absolute atomic E-state index is 13.3. The number of ether oxygens (including phenoxy) is 1. The zero-order valence-corrected chi connectivity index (χ0v) is 11.4. The summed E-state index contributed by atoms with van der Waals surface area (Å²) in [5.41, 5.74) is 6.73. The third-order valence-corrected chi connectivity index (χ3v) is 3.01. The highest BCUT2D eigenvalue weighted by Crippen LogP contribution is 2.23. The highest BCUT2D eigenvalue weighted by Gasteiger charge is 2.10. The van der Waals surface area contributed by atoms with Crippen molar-refractivity contribution in [3.05, 3.63) is 52.8 Å². The lowest BCUT2D eigenvalue weighted by Crippen LogP contribution is -2.12. The molecule has 2 aromatic rings. The molecule has 0 aliphatic carbocycles. The molecule has 3 N–H and O–H groups in total. The number of carbonyl (C=O) groups is 1. The number of halogens is 2. The molecule has 0 aliphatic rings. The number of hydrogen-bond donors (Lipinski definition) is 2. The van der Waals surface area contributed by atoms with Crippen LogP contribution in [0.1, 0.15) is 10.4 Å². The molecule has 0 atom stereocenters. The number of rotatable bonds is 3. The van der Waals surface area contributed by atoms with Gasteiger partial charge in [-0.25, -0.2) is 4.39 Å². The van der Waals surface area contributed by atoms with Crippen molar-refractivity contribution in [2.75, 3.05) is 18.2 Å². The first-order valence-corrected chi connectivity index (χ1v) is 6.09. The fourth-order valence-electron chi connectivity index (χ4n) is 1.63. The summed E-state index contributed by atoms with van der Waals surface area (Å²) in [4.78, 5) is 12.0. The summed E-state index contributed by atoms with van der Waals surface area (Å²) >= 11 is 5.79. The molecule has 0 spiro atoms. The molecule has 0 aromatic heterocycles. The molecule has 2 aromatic carbocycles. The van der Waals surface area contributed by atoms with E-state index in [1.165, 1.54) is 37.4 Å². The molecule has 6 heteroatoms. The summed E-state index contributed by atoms with van der Waals surface area (Å²) in [6.07, 6.45) is 0. The molecule has 0 heterocycles. The van der Waals surface area contributed by atoms with Gasteiger partial charge in [-0.2, -0.15) is 0 Å². The van der Waals surface area contributed by atoms with Crippen molar-refractivity contribution < 1.29 is 13.9 Å². The number of amides is 1. The second-order valence-electron chi connectivity index (χ2n) is 4.04. The normalized spacial score (nSPS) is 10.2. The van der Waals surface area contributed by atoms with E-state index in [1.807, 2.05) is 0 Å². The molecule has 0 radical (unpaired) electrons. The van der Waals surface area contributed by atoms with Crippen LogP contribution >= 0.6 is 11.6 Å². The summed E-state index contributed by atoms with van der Waals surface area (Å²) in [6.45, 7) is 0. The average Bonchev–Trinajstić information content (AvgIpc) is 2.43. The van der Waals surface area contributed by atoms with Gasteiger partial charge in [-0.3, -0.25) is 4.79 Å². The lowest BCUT2D eigenvalue weighted by atomic mass is 10.2. The van der Waals surface area contributed by atoms with E-state index in [2.05, 4.69) is 5.32 Å². The van der Waals surface area contributed by atoms with E-state index >= 15 is 0 Å². The van der Waals surface area contributed by atoms with Crippen molar-refractivity contribution in [2.24, 2.45) is 0 Å². The number of carbonyl (C=O) groups excluding carboxylic acids is 1. The van der Waals surface area contributed by atoms with Gasteiger partial charge in [0.15, 0.2) is 11.6 Å². The number of benzene rings is 2. The minimum atomic E-state index is -0.499. The van der Waals surface area contributed by atoms with Crippen molar-refractivity contribution in [3.8, 4) is 5.75 Å². The number of methoxy groups -OCH3 is 1. The van der Waals surface area contributed by atoms with Crippen LogP contribution in [0, 0.1) is 5.82 Å². The lowest BCUT2D eigenvalue weighted by molar-refractivity contribution is 0.102. The Balaban J connectivity index is 2.21. The number of nitrogens with two attached hydrogens (primary N) is 1. The summed E-state index contributed by atoms with van der Waals surface area (Å²) < 4.78 is 18.1. The topological polar surface area (TPSA) is 64.3 Å². The van der Waals surface area contributed by atoms with Gasteiger partial charge >= 0.3 is 0 Å². The van der Waals surface area contributed by atoms with Crippen LogP contribution < -0.4 is 15.8 Å². The standard InChI is InChI=1S/C14H12ClFN2O2/c1-20-13-7-9(3-5-11(13)16)18-14(19)8-2-4-10(15)12(17)6-8/h2-7H,17H2,1H3,(H,18,19). The molecule has 1 amide bonds. The highest BCUT2D eigenvalue weighted by atomic mass is 35.5. The first kappa shape index (κ1) is 14.1.